The van der Waals surface area contributed by atoms with Crippen molar-refractivity contribution in [3.63, 3.8) is 0 Å². The van der Waals surface area contributed by atoms with Crippen molar-refractivity contribution >= 4 is 5.97 Å². The van der Waals surface area contributed by atoms with Gasteiger partial charge in [0.15, 0.2) is 0 Å². The maximum Gasteiger partial charge on any atom is 0.330 e. The summed E-state index contributed by atoms with van der Waals surface area (Å²) in [7, 11) is 0. The van der Waals surface area contributed by atoms with Crippen molar-refractivity contribution in [3.05, 3.63) is 24.5 Å². The third-order valence-electron chi connectivity index (χ3n) is 4.38. The SMILES string of the molecule is C=C(C)OOCC(O)COC(=O)/C=C/C(C)(C)CC.CCC(C)(C)CC. The van der Waals surface area contributed by atoms with E-state index in [0.29, 0.717) is 11.2 Å². The topological polar surface area (TPSA) is 65.0 Å². The first kappa shape index (κ1) is 26.9. The number of carbonyl (C=O) groups is 1. The van der Waals surface area contributed by atoms with Gasteiger partial charge in [0.2, 0.25) is 0 Å². The highest BCUT2D eigenvalue weighted by Crippen LogP contribution is 2.22. The molecule has 0 aromatic carbocycles. The summed E-state index contributed by atoms with van der Waals surface area (Å²) >= 11 is 0. The Morgan fingerprint density at radius 3 is 2.00 bits per heavy atom. The van der Waals surface area contributed by atoms with Gasteiger partial charge < -0.3 is 14.7 Å². The molecule has 0 saturated carbocycles. The van der Waals surface area contributed by atoms with E-state index in [1.807, 2.05) is 20.8 Å². The Morgan fingerprint density at radius 2 is 1.62 bits per heavy atom. The van der Waals surface area contributed by atoms with Gasteiger partial charge in [0.05, 0.1) is 0 Å². The molecular formula is C21H40O5. The van der Waals surface area contributed by atoms with E-state index in [2.05, 4.69) is 44.0 Å². The van der Waals surface area contributed by atoms with Crippen LogP contribution in [0.5, 0.6) is 0 Å². The predicted octanol–water partition coefficient (Wildman–Crippen LogP) is 5.20. The van der Waals surface area contributed by atoms with Gasteiger partial charge in [0, 0.05) is 6.08 Å². The van der Waals surface area contributed by atoms with Gasteiger partial charge in [0.25, 0.3) is 0 Å². The molecule has 0 bridgehead atoms. The Kier molecular flexibility index (Phi) is 14.3. The van der Waals surface area contributed by atoms with E-state index >= 15 is 0 Å². The number of carbonyl (C=O) groups excluding carboxylic acids is 1. The summed E-state index contributed by atoms with van der Waals surface area (Å²) in [5.74, 6) is -0.102. The zero-order chi connectivity index (χ0) is 20.8. The van der Waals surface area contributed by atoms with Crippen LogP contribution in [0.2, 0.25) is 0 Å². The summed E-state index contributed by atoms with van der Waals surface area (Å²) in [6.07, 6.45) is 5.75. The summed E-state index contributed by atoms with van der Waals surface area (Å²) in [4.78, 5) is 20.7. The van der Waals surface area contributed by atoms with Crippen LogP contribution >= 0.6 is 0 Å². The lowest BCUT2D eigenvalue weighted by Gasteiger charge is -2.18. The van der Waals surface area contributed by atoms with Crippen molar-refractivity contribution in [2.24, 2.45) is 10.8 Å². The van der Waals surface area contributed by atoms with Crippen molar-refractivity contribution in [2.75, 3.05) is 13.2 Å². The number of hydrogen-bond donors (Lipinski definition) is 1. The molecule has 1 N–H and O–H groups in total. The highest BCUT2D eigenvalue weighted by molar-refractivity contribution is 5.82. The fourth-order valence-electron chi connectivity index (χ4n) is 1.15. The molecule has 0 aromatic rings. The monoisotopic (exact) mass is 372 g/mol. The molecule has 0 aromatic heterocycles. The average molecular weight is 373 g/mol. The standard InChI is InChI=1S/C14H24O5.C7H16/c1-6-14(4,5)8-7-13(16)17-9-12(15)10-18-19-11(2)3;1-5-7(3,4)6-2/h7-8,12,15H,2,6,9-10H2,1,3-5H3;5-6H2,1-4H3/b8-7+;. The molecular weight excluding hydrogens is 332 g/mol. The van der Waals surface area contributed by atoms with E-state index in [-0.39, 0.29) is 18.6 Å². The molecule has 0 heterocycles. The third-order valence-corrected chi connectivity index (χ3v) is 4.38. The lowest BCUT2D eigenvalue weighted by Crippen LogP contribution is -2.23. The fraction of sp³-hybridized carbons (Fsp3) is 0.762. The number of ether oxygens (including phenoxy) is 1. The Bertz CT molecular complexity index is 418. The number of aliphatic hydroxyl groups excluding tert-OH is 1. The Balaban J connectivity index is 0. The largest absolute Gasteiger partial charge is 0.460 e. The van der Waals surface area contributed by atoms with Gasteiger partial charge in [-0.15, -0.1) is 0 Å². The summed E-state index contributed by atoms with van der Waals surface area (Å²) < 4.78 is 4.87. The quantitative estimate of drug-likeness (QED) is 0.178. The molecule has 26 heavy (non-hydrogen) atoms. The van der Waals surface area contributed by atoms with Gasteiger partial charge >= 0.3 is 5.97 Å². The van der Waals surface area contributed by atoms with Crippen molar-refractivity contribution < 1.29 is 24.4 Å². The van der Waals surface area contributed by atoms with Crippen LogP contribution in [-0.2, 0) is 19.3 Å². The Hall–Kier alpha value is -1.33. The summed E-state index contributed by atoms with van der Waals surface area (Å²) in [5.41, 5.74) is 0.538. The molecule has 0 aliphatic rings. The molecule has 154 valence electrons. The third kappa shape index (κ3) is 17.5. The minimum atomic E-state index is -0.934. The van der Waals surface area contributed by atoms with Crippen LogP contribution in [0.1, 0.15) is 74.7 Å². The minimum absolute atomic E-state index is 0.0456. The van der Waals surface area contributed by atoms with Crippen molar-refractivity contribution in [2.45, 2.75) is 80.8 Å². The van der Waals surface area contributed by atoms with Gasteiger partial charge in [0.1, 0.15) is 25.1 Å². The molecule has 0 saturated heterocycles. The number of allylic oxidation sites excluding steroid dienone is 2. The lowest BCUT2D eigenvalue weighted by atomic mass is 9.88. The summed E-state index contributed by atoms with van der Waals surface area (Å²) in [6.45, 7) is 20.0. The highest BCUT2D eigenvalue weighted by atomic mass is 17.2. The molecule has 0 amide bonds. The van der Waals surface area contributed by atoms with E-state index in [1.54, 1.807) is 13.0 Å². The second-order valence-electron chi connectivity index (χ2n) is 7.90. The second-order valence-corrected chi connectivity index (χ2v) is 7.90. The van der Waals surface area contributed by atoms with Crippen molar-refractivity contribution in [1.29, 1.82) is 0 Å². The predicted molar refractivity (Wildman–Crippen MR) is 106 cm³/mol. The van der Waals surface area contributed by atoms with Gasteiger partial charge in [-0.3, -0.25) is 0 Å². The molecule has 0 radical (unpaired) electrons. The Morgan fingerprint density at radius 1 is 1.08 bits per heavy atom. The van der Waals surface area contributed by atoms with Crippen molar-refractivity contribution in [1.82, 2.24) is 0 Å². The van der Waals surface area contributed by atoms with E-state index < -0.39 is 12.1 Å². The maximum absolute atomic E-state index is 11.4. The van der Waals surface area contributed by atoms with E-state index in [4.69, 9.17) is 4.74 Å². The first-order valence-corrected chi connectivity index (χ1v) is 9.38. The molecule has 0 rings (SSSR count). The van der Waals surface area contributed by atoms with Gasteiger partial charge in [-0.1, -0.05) is 74.0 Å². The normalized spacial score (nSPS) is 13.0. The Labute approximate surface area is 160 Å². The molecule has 1 unspecified atom stereocenters. The van der Waals surface area contributed by atoms with Gasteiger partial charge in [-0.25, -0.2) is 4.79 Å². The van der Waals surface area contributed by atoms with Gasteiger partial charge in [-0.05, 0) is 24.2 Å². The molecule has 5 nitrogen and oxygen atoms in total. The molecule has 0 aliphatic heterocycles. The van der Waals surface area contributed by atoms with Gasteiger partial charge in [-0.2, -0.15) is 4.89 Å². The molecule has 1 atom stereocenters. The molecule has 5 heteroatoms. The number of rotatable bonds is 11. The summed E-state index contributed by atoms with van der Waals surface area (Å²) in [6, 6.07) is 0. The first-order chi connectivity index (χ1) is 11.9. The second kappa shape index (κ2) is 13.8. The lowest BCUT2D eigenvalue weighted by molar-refractivity contribution is -0.275. The van der Waals surface area contributed by atoms with Crippen LogP contribution in [0.4, 0.5) is 0 Å². The number of aliphatic hydroxyl groups is 1. The smallest absolute Gasteiger partial charge is 0.330 e. The average Bonchev–Trinajstić information content (AvgIpc) is 2.58. The van der Waals surface area contributed by atoms with E-state index in [0.717, 1.165) is 6.42 Å². The van der Waals surface area contributed by atoms with Crippen LogP contribution in [0, 0.1) is 10.8 Å². The molecule has 0 aliphatic carbocycles. The first-order valence-electron chi connectivity index (χ1n) is 9.38. The summed E-state index contributed by atoms with van der Waals surface area (Å²) in [5, 5.41) is 9.45. The maximum atomic E-state index is 11.4. The van der Waals surface area contributed by atoms with Crippen LogP contribution in [-0.4, -0.2) is 30.4 Å². The minimum Gasteiger partial charge on any atom is -0.460 e. The van der Waals surface area contributed by atoms with Crippen LogP contribution in [0.25, 0.3) is 0 Å². The highest BCUT2D eigenvalue weighted by Gasteiger charge is 2.12. The van der Waals surface area contributed by atoms with E-state index in [9.17, 15) is 9.90 Å². The zero-order valence-corrected chi connectivity index (χ0v) is 18.1. The van der Waals surface area contributed by atoms with Crippen molar-refractivity contribution in [3.8, 4) is 0 Å². The fourth-order valence-corrected chi connectivity index (χ4v) is 1.15. The van der Waals surface area contributed by atoms with Crippen LogP contribution in [0.3, 0.4) is 0 Å². The van der Waals surface area contributed by atoms with Crippen LogP contribution < -0.4 is 0 Å². The van der Waals surface area contributed by atoms with E-state index in [1.165, 1.54) is 18.9 Å². The zero-order valence-electron chi connectivity index (χ0n) is 18.1. The number of hydrogen-bond acceptors (Lipinski definition) is 5. The molecule has 0 spiro atoms. The number of esters is 1. The van der Waals surface area contributed by atoms with Crippen LogP contribution in [0.15, 0.2) is 24.5 Å². The molecule has 0 fully saturated rings.